The fourth-order valence-electron chi connectivity index (χ4n) is 0.905. The molecule has 1 fully saturated rings. The fraction of sp³-hybridized carbons (Fsp3) is 1.00. The van der Waals surface area contributed by atoms with E-state index in [0.717, 1.165) is 19.1 Å². The zero-order valence-corrected chi connectivity index (χ0v) is 6.81. The lowest BCUT2D eigenvalue weighted by atomic mass is 10.1. The van der Waals surface area contributed by atoms with Crippen molar-refractivity contribution < 1.29 is 4.74 Å². The first kappa shape index (κ1) is 12.6. The number of rotatable bonds is 1. The van der Waals surface area contributed by atoms with Gasteiger partial charge in [0.05, 0.1) is 0 Å². The Balaban J connectivity index is 0. The van der Waals surface area contributed by atoms with Crippen molar-refractivity contribution in [3.8, 4) is 0 Å². The van der Waals surface area contributed by atoms with E-state index in [4.69, 9.17) is 4.74 Å². The summed E-state index contributed by atoms with van der Waals surface area (Å²) in [6.07, 6.45) is 2.58. The van der Waals surface area contributed by atoms with E-state index in [2.05, 4.69) is 6.92 Å². The molecule has 0 amide bonds. The van der Waals surface area contributed by atoms with Crippen LogP contribution >= 0.6 is 0 Å². The molecule has 0 N–H and O–H groups in total. The molecular formula is C9H22O. The highest BCUT2D eigenvalue weighted by Crippen LogP contribution is 2.14. The van der Waals surface area contributed by atoms with Gasteiger partial charge >= 0.3 is 0 Å². The van der Waals surface area contributed by atoms with Crippen molar-refractivity contribution in [3.05, 3.63) is 0 Å². The Morgan fingerprint density at radius 3 is 2.20 bits per heavy atom. The molecule has 1 unspecified atom stereocenters. The molecule has 0 spiro atoms. The predicted molar refractivity (Wildman–Crippen MR) is 47.3 cm³/mol. The van der Waals surface area contributed by atoms with E-state index in [0.29, 0.717) is 0 Å². The fourth-order valence-corrected chi connectivity index (χ4v) is 0.905. The van der Waals surface area contributed by atoms with Gasteiger partial charge in [0.15, 0.2) is 0 Å². The van der Waals surface area contributed by atoms with E-state index >= 15 is 0 Å². The number of hydrogen-bond donors (Lipinski definition) is 0. The smallest absolute Gasteiger partial charge is 0.0495 e. The van der Waals surface area contributed by atoms with Gasteiger partial charge in [0.1, 0.15) is 0 Å². The minimum absolute atomic E-state index is 0. The van der Waals surface area contributed by atoms with E-state index in [-0.39, 0.29) is 7.43 Å². The van der Waals surface area contributed by atoms with E-state index in [9.17, 15) is 0 Å². The van der Waals surface area contributed by atoms with Crippen LogP contribution in [0.4, 0.5) is 0 Å². The van der Waals surface area contributed by atoms with Crippen LogP contribution in [0, 0.1) is 5.92 Å². The summed E-state index contributed by atoms with van der Waals surface area (Å²) in [5, 5.41) is 0. The lowest BCUT2D eigenvalue weighted by Gasteiger charge is -1.97. The molecular weight excluding hydrogens is 124 g/mol. The topological polar surface area (TPSA) is 9.23 Å². The standard InChI is InChI=1S/C6H12O.C2H6.CH4/c1-2-6-3-4-7-5-6;1-2;/h6H,2-5H2,1H3;1-2H3;1H4. The highest BCUT2D eigenvalue weighted by atomic mass is 16.5. The molecule has 0 aliphatic carbocycles. The molecule has 1 atom stereocenters. The number of ether oxygens (including phenoxy) is 1. The zero-order valence-electron chi connectivity index (χ0n) is 6.81. The van der Waals surface area contributed by atoms with Gasteiger partial charge in [-0.25, -0.2) is 0 Å². The van der Waals surface area contributed by atoms with E-state index in [1.54, 1.807) is 0 Å². The van der Waals surface area contributed by atoms with Crippen molar-refractivity contribution >= 4 is 0 Å². The summed E-state index contributed by atoms with van der Waals surface area (Å²) < 4.78 is 5.15. The van der Waals surface area contributed by atoms with Gasteiger partial charge in [-0.2, -0.15) is 0 Å². The first-order chi connectivity index (χ1) is 4.43. The van der Waals surface area contributed by atoms with E-state index < -0.39 is 0 Å². The molecule has 1 aliphatic rings. The second kappa shape index (κ2) is 8.96. The summed E-state index contributed by atoms with van der Waals surface area (Å²) in [5.74, 6) is 0.875. The second-order valence-electron chi connectivity index (χ2n) is 2.14. The molecule has 0 aromatic rings. The minimum atomic E-state index is 0. The van der Waals surface area contributed by atoms with E-state index in [1.807, 2.05) is 13.8 Å². The van der Waals surface area contributed by atoms with Crippen LogP contribution in [-0.2, 0) is 4.74 Å². The monoisotopic (exact) mass is 146 g/mol. The van der Waals surface area contributed by atoms with Crippen LogP contribution in [0.5, 0.6) is 0 Å². The van der Waals surface area contributed by atoms with Gasteiger partial charge in [-0.3, -0.25) is 0 Å². The zero-order chi connectivity index (χ0) is 7.11. The van der Waals surface area contributed by atoms with Crippen molar-refractivity contribution in [2.75, 3.05) is 13.2 Å². The lowest BCUT2D eigenvalue weighted by molar-refractivity contribution is 0.185. The lowest BCUT2D eigenvalue weighted by Crippen LogP contribution is -1.94. The van der Waals surface area contributed by atoms with Crippen molar-refractivity contribution in [2.24, 2.45) is 5.92 Å². The maximum Gasteiger partial charge on any atom is 0.0495 e. The summed E-state index contributed by atoms with van der Waals surface area (Å²) >= 11 is 0. The molecule has 1 saturated heterocycles. The summed E-state index contributed by atoms with van der Waals surface area (Å²) in [6.45, 7) is 8.23. The van der Waals surface area contributed by atoms with E-state index in [1.165, 1.54) is 12.8 Å². The predicted octanol–water partition coefficient (Wildman–Crippen LogP) is 3.10. The third kappa shape index (κ3) is 4.80. The van der Waals surface area contributed by atoms with Crippen molar-refractivity contribution in [1.82, 2.24) is 0 Å². The van der Waals surface area contributed by atoms with Crippen LogP contribution in [0.1, 0.15) is 41.0 Å². The number of hydrogen-bond acceptors (Lipinski definition) is 1. The Kier molecular flexibility index (Phi) is 11.3. The van der Waals surface area contributed by atoms with Crippen LogP contribution in [0.2, 0.25) is 0 Å². The average Bonchev–Trinajstić information content (AvgIpc) is 2.43. The van der Waals surface area contributed by atoms with Gasteiger partial charge < -0.3 is 4.74 Å². The van der Waals surface area contributed by atoms with Crippen LogP contribution in [0.25, 0.3) is 0 Å². The first-order valence-electron chi connectivity index (χ1n) is 4.01. The molecule has 0 aromatic heterocycles. The SMILES string of the molecule is C.CC.CCC1CCOC1. The van der Waals surface area contributed by atoms with Gasteiger partial charge in [0.2, 0.25) is 0 Å². The average molecular weight is 146 g/mol. The molecule has 0 aromatic carbocycles. The van der Waals surface area contributed by atoms with Crippen LogP contribution in [-0.4, -0.2) is 13.2 Å². The second-order valence-corrected chi connectivity index (χ2v) is 2.14. The molecule has 0 bridgehead atoms. The van der Waals surface area contributed by atoms with Gasteiger partial charge in [-0.05, 0) is 12.3 Å². The highest BCUT2D eigenvalue weighted by molar-refractivity contribution is 4.60. The molecule has 1 heterocycles. The largest absolute Gasteiger partial charge is 0.381 e. The molecule has 10 heavy (non-hydrogen) atoms. The molecule has 0 saturated carbocycles. The molecule has 1 aliphatic heterocycles. The summed E-state index contributed by atoms with van der Waals surface area (Å²) in [5.41, 5.74) is 0. The summed E-state index contributed by atoms with van der Waals surface area (Å²) in [7, 11) is 0. The van der Waals surface area contributed by atoms with Crippen LogP contribution < -0.4 is 0 Å². The Hall–Kier alpha value is -0.0400. The molecule has 1 rings (SSSR count). The summed E-state index contributed by atoms with van der Waals surface area (Å²) in [4.78, 5) is 0. The molecule has 0 radical (unpaired) electrons. The first-order valence-corrected chi connectivity index (χ1v) is 4.01. The van der Waals surface area contributed by atoms with Crippen LogP contribution in [0.3, 0.4) is 0 Å². The Labute approximate surface area is 65.8 Å². The van der Waals surface area contributed by atoms with Gasteiger partial charge in [0.25, 0.3) is 0 Å². The third-order valence-corrected chi connectivity index (χ3v) is 1.60. The maximum atomic E-state index is 5.15. The summed E-state index contributed by atoms with van der Waals surface area (Å²) in [6, 6.07) is 0. The molecule has 1 heteroatoms. The quantitative estimate of drug-likeness (QED) is 0.552. The third-order valence-electron chi connectivity index (χ3n) is 1.60. The van der Waals surface area contributed by atoms with Crippen LogP contribution in [0.15, 0.2) is 0 Å². The normalized spacial score (nSPS) is 22.5. The van der Waals surface area contributed by atoms with Gasteiger partial charge in [-0.15, -0.1) is 0 Å². The Morgan fingerprint density at radius 1 is 1.40 bits per heavy atom. The molecule has 1 nitrogen and oxygen atoms in total. The van der Waals surface area contributed by atoms with Crippen molar-refractivity contribution in [3.63, 3.8) is 0 Å². The minimum Gasteiger partial charge on any atom is -0.381 e. The Bertz CT molecular complexity index is 46.7. The van der Waals surface area contributed by atoms with Gasteiger partial charge in [0, 0.05) is 13.2 Å². The Morgan fingerprint density at radius 2 is 2.00 bits per heavy atom. The molecule has 64 valence electrons. The van der Waals surface area contributed by atoms with Gasteiger partial charge in [-0.1, -0.05) is 34.6 Å². The maximum absolute atomic E-state index is 5.15. The van der Waals surface area contributed by atoms with Crippen molar-refractivity contribution in [2.45, 2.75) is 41.0 Å². The van der Waals surface area contributed by atoms with Crippen molar-refractivity contribution in [1.29, 1.82) is 0 Å². The highest BCUT2D eigenvalue weighted by Gasteiger charge is 2.11.